The van der Waals surface area contributed by atoms with E-state index in [-0.39, 0.29) is 24.0 Å². The van der Waals surface area contributed by atoms with E-state index in [9.17, 15) is 14.4 Å². The fourth-order valence-electron chi connectivity index (χ4n) is 2.78. The molecule has 1 aliphatic rings. The Hall–Kier alpha value is -2.47. The number of carbonyl (C=O) groups excluding carboxylic acids is 3. The Morgan fingerprint density at radius 1 is 1.21 bits per heavy atom. The summed E-state index contributed by atoms with van der Waals surface area (Å²) in [6, 6.07) is 12.3. The molecule has 0 saturated carbocycles. The number of nitrogens with one attached hydrogen (secondary N) is 2. The van der Waals surface area contributed by atoms with Crippen LogP contribution in [0.3, 0.4) is 0 Å². The van der Waals surface area contributed by atoms with Crippen molar-refractivity contribution in [2.45, 2.75) is 19.3 Å². The highest BCUT2D eigenvalue weighted by atomic mass is 79.9. The minimum atomic E-state index is -0.585. The zero-order valence-electron chi connectivity index (χ0n) is 12.9. The van der Waals surface area contributed by atoms with Crippen LogP contribution in [-0.2, 0) is 9.59 Å². The highest BCUT2D eigenvalue weighted by Crippen LogP contribution is 2.33. The lowest BCUT2D eigenvalue weighted by molar-refractivity contribution is -0.123. The summed E-state index contributed by atoms with van der Waals surface area (Å²) >= 11 is 3.32. The van der Waals surface area contributed by atoms with Crippen molar-refractivity contribution in [3.05, 3.63) is 58.1 Å². The van der Waals surface area contributed by atoms with Gasteiger partial charge in [-0.2, -0.15) is 0 Å². The maximum atomic E-state index is 12.7. The molecule has 2 N–H and O–H groups in total. The third-order valence-corrected chi connectivity index (χ3v) is 4.43. The molecule has 6 heteroatoms. The third-order valence-electron chi connectivity index (χ3n) is 3.94. The lowest BCUT2D eigenvalue weighted by atomic mass is 9.89. The van der Waals surface area contributed by atoms with Gasteiger partial charge in [0.05, 0.1) is 11.6 Å². The van der Waals surface area contributed by atoms with Crippen molar-refractivity contribution >= 4 is 44.9 Å². The number of hydrogen-bond donors (Lipinski definition) is 2. The van der Waals surface area contributed by atoms with Gasteiger partial charge in [-0.05, 0) is 36.8 Å². The van der Waals surface area contributed by atoms with Gasteiger partial charge in [-0.25, -0.2) is 0 Å². The van der Waals surface area contributed by atoms with Gasteiger partial charge in [-0.15, -0.1) is 0 Å². The van der Waals surface area contributed by atoms with Crippen molar-refractivity contribution in [3.63, 3.8) is 0 Å². The van der Waals surface area contributed by atoms with Crippen LogP contribution >= 0.6 is 15.9 Å². The van der Waals surface area contributed by atoms with E-state index in [1.165, 1.54) is 6.92 Å². The van der Waals surface area contributed by atoms with E-state index in [1.807, 2.05) is 18.2 Å². The van der Waals surface area contributed by atoms with Crippen molar-refractivity contribution in [1.29, 1.82) is 0 Å². The molecule has 24 heavy (non-hydrogen) atoms. The third kappa shape index (κ3) is 3.23. The highest BCUT2D eigenvalue weighted by molar-refractivity contribution is 9.10. The van der Waals surface area contributed by atoms with Crippen LogP contribution in [-0.4, -0.2) is 17.6 Å². The van der Waals surface area contributed by atoms with Crippen LogP contribution in [0.1, 0.15) is 35.2 Å². The number of anilines is 2. The van der Waals surface area contributed by atoms with Gasteiger partial charge in [0, 0.05) is 22.1 Å². The number of carbonyl (C=O) groups is 3. The number of halogens is 1. The molecule has 1 atom stereocenters. The van der Waals surface area contributed by atoms with Crippen molar-refractivity contribution < 1.29 is 14.4 Å². The average Bonchev–Trinajstić information content (AvgIpc) is 2.55. The van der Waals surface area contributed by atoms with E-state index in [4.69, 9.17) is 0 Å². The number of amides is 2. The van der Waals surface area contributed by atoms with Crippen molar-refractivity contribution in [3.8, 4) is 0 Å². The summed E-state index contributed by atoms with van der Waals surface area (Å²) in [6.07, 6.45) is 0.0782. The van der Waals surface area contributed by atoms with Crippen LogP contribution < -0.4 is 10.6 Å². The maximum absolute atomic E-state index is 12.7. The van der Waals surface area contributed by atoms with Crippen LogP contribution in [0.5, 0.6) is 0 Å². The summed E-state index contributed by atoms with van der Waals surface area (Å²) in [5, 5.41) is 5.56. The first-order chi connectivity index (χ1) is 11.5. The Bertz CT molecular complexity index is 848. The molecule has 2 aromatic carbocycles. The Balaban J connectivity index is 1.91. The number of hydrogen-bond acceptors (Lipinski definition) is 3. The van der Waals surface area contributed by atoms with Gasteiger partial charge in [0.1, 0.15) is 0 Å². The first-order valence-electron chi connectivity index (χ1n) is 7.46. The fraction of sp³-hybridized carbons (Fsp3) is 0.167. The van der Waals surface area contributed by atoms with E-state index in [0.29, 0.717) is 16.9 Å². The second-order valence-electron chi connectivity index (χ2n) is 5.63. The zero-order valence-corrected chi connectivity index (χ0v) is 14.5. The number of fused-ring (bicyclic) bond motifs is 1. The van der Waals surface area contributed by atoms with Gasteiger partial charge >= 0.3 is 0 Å². The Morgan fingerprint density at radius 2 is 1.96 bits per heavy atom. The molecule has 122 valence electrons. The van der Waals surface area contributed by atoms with Gasteiger partial charge in [0.2, 0.25) is 11.8 Å². The lowest BCUT2D eigenvalue weighted by Gasteiger charge is -2.25. The molecule has 2 amide bonds. The molecule has 0 aliphatic carbocycles. The van der Waals surface area contributed by atoms with Crippen LogP contribution in [0.25, 0.3) is 0 Å². The molecule has 0 radical (unpaired) electrons. The standard InChI is InChI=1S/C18H15BrN2O3/c1-10(22)13-8-11(19)6-7-16(13)21-18(24)14-9-17(23)20-15-5-3-2-4-12(14)15/h2-8,14H,9H2,1H3,(H,20,23)(H,21,24). The summed E-state index contributed by atoms with van der Waals surface area (Å²) < 4.78 is 0.757. The minimum absolute atomic E-state index is 0.0782. The molecule has 3 rings (SSSR count). The SMILES string of the molecule is CC(=O)c1cc(Br)ccc1NC(=O)C1CC(=O)Nc2ccccc21. The monoisotopic (exact) mass is 386 g/mol. The van der Waals surface area contributed by atoms with Crippen LogP contribution in [0, 0.1) is 0 Å². The number of para-hydroxylation sites is 1. The topological polar surface area (TPSA) is 75.3 Å². The van der Waals surface area contributed by atoms with Gasteiger partial charge in [0.15, 0.2) is 5.78 Å². The molecule has 0 spiro atoms. The lowest BCUT2D eigenvalue weighted by Crippen LogP contribution is -2.31. The van der Waals surface area contributed by atoms with Gasteiger partial charge < -0.3 is 10.6 Å². The van der Waals surface area contributed by atoms with E-state index in [0.717, 1.165) is 10.0 Å². The highest BCUT2D eigenvalue weighted by Gasteiger charge is 2.30. The molecule has 1 unspecified atom stereocenters. The molecule has 1 heterocycles. The van der Waals surface area contributed by atoms with Gasteiger partial charge in [-0.1, -0.05) is 34.1 Å². The summed E-state index contributed by atoms with van der Waals surface area (Å²) in [7, 11) is 0. The van der Waals surface area contributed by atoms with Gasteiger partial charge in [0.25, 0.3) is 0 Å². The van der Waals surface area contributed by atoms with Crippen molar-refractivity contribution in [2.75, 3.05) is 10.6 Å². The summed E-state index contributed by atoms with van der Waals surface area (Å²) in [5.74, 6) is -1.23. The predicted molar refractivity (Wildman–Crippen MR) is 95.2 cm³/mol. The van der Waals surface area contributed by atoms with E-state index < -0.39 is 5.92 Å². The smallest absolute Gasteiger partial charge is 0.232 e. The average molecular weight is 387 g/mol. The Labute approximate surface area is 147 Å². The fourth-order valence-corrected chi connectivity index (χ4v) is 3.14. The van der Waals surface area contributed by atoms with E-state index in [1.54, 1.807) is 24.3 Å². The molecule has 0 saturated heterocycles. The predicted octanol–water partition coefficient (Wildman–Crippen LogP) is 3.72. The summed E-state index contributed by atoms with van der Waals surface area (Å²) in [6.45, 7) is 1.45. The van der Waals surface area contributed by atoms with Crippen molar-refractivity contribution in [1.82, 2.24) is 0 Å². The van der Waals surface area contributed by atoms with Gasteiger partial charge in [-0.3, -0.25) is 14.4 Å². The Kier molecular flexibility index (Phi) is 4.49. The minimum Gasteiger partial charge on any atom is -0.326 e. The quantitative estimate of drug-likeness (QED) is 0.789. The largest absolute Gasteiger partial charge is 0.326 e. The molecular weight excluding hydrogens is 372 g/mol. The Morgan fingerprint density at radius 3 is 2.71 bits per heavy atom. The number of ketones is 1. The molecule has 1 aliphatic heterocycles. The molecule has 0 bridgehead atoms. The maximum Gasteiger partial charge on any atom is 0.232 e. The zero-order chi connectivity index (χ0) is 17.3. The summed E-state index contributed by atoms with van der Waals surface area (Å²) in [5.41, 5.74) is 2.29. The second-order valence-corrected chi connectivity index (χ2v) is 6.54. The van der Waals surface area contributed by atoms with Crippen LogP contribution in [0.15, 0.2) is 46.9 Å². The second kappa shape index (κ2) is 6.57. The van der Waals surface area contributed by atoms with E-state index >= 15 is 0 Å². The molecule has 0 fully saturated rings. The van der Waals surface area contributed by atoms with Crippen LogP contribution in [0.4, 0.5) is 11.4 Å². The molecule has 5 nitrogen and oxygen atoms in total. The molecule has 2 aromatic rings. The molecular formula is C18H15BrN2O3. The van der Waals surface area contributed by atoms with Crippen molar-refractivity contribution in [2.24, 2.45) is 0 Å². The van der Waals surface area contributed by atoms with E-state index in [2.05, 4.69) is 26.6 Å². The normalized spacial score (nSPS) is 16.1. The first-order valence-corrected chi connectivity index (χ1v) is 8.25. The van der Waals surface area contributed by atoms with Crippen LogP contribution in [0.2, 0.25) is 0 Å². The first kappa shape index (κ1) is 16.4. The molecule has 0 aromatic heterocycles. The number of Topliss-reactive ketones (excluding diaryl/α,β-unsaturated/α-hetero) is 1. The number of rotatable bonds is 3. The number of benzene rings is 2. The summed E-state index contributed by atoms with van der Waals surface area (Å²) in [4.78, 5) is 36.4.